The number of nitrogens with zero attached hydrogens (tertiary/aromatic N) is 4. The number of hydrogen-bond acceptors (Lipinski definition) is 4. The van der Waals surface area contributed by atoms with Crippen LogP contribution in [0.3, 0.4) is 0 Å². The SMILES string of the molecule is Cc1cncc([C@@H]2CCCN2Cc2ccccn2)n1. The first-order chi connectivity index (χ1) is 9.33. The summed E-state index contributed by atoms with van der Waals surface area (Å²) in [6.07, 6.45) is 7.93. The Balaban J connectivity index is 1.78. The van der Waals surface area contributed by atoms with Crippen molar-refractivity contribution in [2.45, 2.75) is 32.4 Å². The van der Waals surface area contributed by atoms with E-state index in [-0.39, 0.29) is 0 Å². The molecule has 0 N–H and O–H groups in total. The summed E-state index contributed by atoms with van der Waals surface area (Å²) < 4.78 is 0. The molecule has 3 rings (SSSR count). The number of aromatic nitrogens is 3. The lowest BCUT2D eigenvalue weighted by atomic mass is 10.1. The molecular weight excluding hydrogens is 236 g/mol. The fraction of sp³-hybridized carbons (Fsp3) is 0.400. The standard InChI is InChI=1S/C15H18N4/c1-12-9-16-10-14(18-12)15-6-4-8-19(15)11-13-5-2-3-7-17-13/h2-3,5,7,9-10,15H,4,6,8,11H2,1H3/t15-/m0/s1. The van der Waals surface area contributed by atoms with Crippen LogP contribution in [0.2, 0.25) is 0 Å². The third-order valence-electron chi connectivity index (χ3n) is 3.57. The summed E-state index contributed by atoms with van der Waals surface area (Å²) in [5.74, 6) is 0. The smallest absolute Gasteiger partial charge is 0.0761 e. The summed E-state index contributed by atoms with van der Waals surface area (Å²) in [4.78, 5) is 15.7. The Kier molecular flexibility index (Phi) is 3.51. The van der Waals surface area contributed by atoms with Gasteiger partial charge in [0.2, 0.25) is 0 Å². The molecule has 0 radical (unpaired) electrons. The molecule has 2 aromatic heterocycles. The highest BCUT2D eigenvalue weighted by molar-refractivity contribution is 5.10. The van der Waals surface area contributed by atoms with E-state index in [4.69, 9.17) is 0 Å². The Morgan fingerprint density at radius 2 is 2.26 bits per heavy atom. The highest BCUT2D eigenvalue weighted by Gasteiger charge is 2.27. The first kappa shape index (κ1) is 12.2. The molecule has 19 heavy (non-hydrogen) atoms. The van der Waals surface area contributed by atoms with Crippen molar-refractivity contribution in [2.75, 3.05) is 6.54 Å². The lowest BCUT2D eigenvalue weighted by molar-refractivity contribution is 0.241. The molecule has 1 saturated heterocycles. The van der Waals surface area contributed by atoms with Gasteiger partial charge in [0.25, 0.3) is 0 Å². The molecule has 0 aromatic carbocycles. The summed E-state index contributed by atoms with van der Waals surface area (Å²) >= 11 is 0. The van der Waals surface area contributed by atoms with E-state index in [1.54, 1.807) is 0 Å². The quantitative estimate of drug-likeness (QED) is 0.844. The van der Waals surface area contributed by atoms with Gasteiger partial charge in [0, 0.05) is 25.1 Å². The Morgan fingerprint density at radius 3 is 3.05 bits per heavy atom. The van der Waals surface area contributed by atoms with Crippen LogP contribution in [0.4, 0.5) is 0 Å². The third-order valence-corrected chi connectivity index (χ3v) is 3.57. The van der Waals surface area contributed by atoms with Gasteiger partial charge in [0.05, 0.1) is 23.1 Å². The van der Waals surface area contributed by atoms with Gasteiger partial charge in [-0.3, -0.25) is 19.9 Å². The molecule has 1 aliphatic heterocycles. The van der Waals surface area contributed by atoms with Gasteiger partial charge in [0.15, 0.2) is 0 Å². The predicted octanol–water partition coefficient (Wildman–Crippen LogP) is 2.52. The highest BCUT2D eigenvalue weighted by Crippen LogP contribution is 2.31. The molecule has 1 fully saturated rings. The van der Waals surface area contributed by atoms with Gasteiger partial charge in [-0.1, -0.05) is 6.07 Å². The zero-order chi connectivity index (χ0) is 13.1. The topological polar surface area (TPSA) is 41.9 Å². The first-order valence-corrected chi connectivity index (χ1v) is 6.75. The van der Waals surface area contributed by atoms with E-state index >= 15 is 0 Å². The van der Waals surface area contributed by atoms with E-state index in [9.17, 15) is 0 Å². The minimum absolute atomic E-state index is 0.384. The number of likely N-dealkylation sites (tertiary alicyclic amines) is 1. The molecule has 2 aromatic rings. The summed E-state index contributed by atoms with van der Waals surface area (Å²) in [5.41, 5.74) is 3.20. The average Bonchev–Trinajstić information content (AvgIpc) is 2.88. The van der Waals surface area contributed by atoms with Crippen LogP contribution in [0, 0.1) is 6.92 Å². The van der Waals surface area contributed by atoms with Crippen molar-refractivity contribution in [3.05, 3.63) is 53.9 Å². The van der Waals surface area contributed by atoms with Crippen LogP contribution in [-0.4, -0.2) is 26.4 Å². The molecule has 3 heterocycles. The lowest BCUT2D eigenvalue weighted by Gasteiger charge is -2.23. The molecule has 98 valence electrons. The van der Waals surface area contributed by atoms with Crippen molar-refractivity contribution in [1.29, 1.82) is 0 Å². The van der Waals surface area contributed by atoms with Gasteiger partial charge in [0.1, 0.15) is 0 Å². The van der Waals surface area contributed by atoms with Gasteiger partial charge in [-0.15, -0.1) is 0 Å². The van der Waals surface area contributed by atoms with Gasteiger partial charge >= 0.3 is 0 Å². The summed E-state index contributed by atoms with van der Waals surface area (Å²) in [7, 11) is 0. The lowest BCUT2D eigenvalue weighted by Crippen LogP contribution is -2.24. The van der Waals surface area contributed by atoms with Crippen LogP contribution in [0.5, 0.6) is 0 Å². The molecule has 4 nitrogen and oxygen atoms in total. The molecule has 0 saturated carbocycles. The minimum Gasteiger partial charge on any atom is -0.289 e. The molecular formula is C15H18N4. The van der Waals surface area contributed by atoms with Crippen molar-refractivity contribution in [3.63, 3.8) is 0 Å². The highest BCUT2D eigenvalue weighted by atomic mass is 15.2. The van der Waals surface area contributed by atoms with Crippen LogP contribution >= 0.6 is 0 Å². The van der Waals surface area contributed by atoms with Crippen molar-refractivity contribution >= 4 is 0 Å². The molecule has 0 bridgehead atoms. The molecule has 0 unspecified atom stereocenters. The molecule has 4 heteroatoms. The van der Waals surface area contributed by atoms with Crippen LogP contribution in [-0.2, 0) is 6.54 Å². The van der Waals surface area contributed by atoms with Gasteiger partial charge < -0.3 is 0 Å². The molecule has 0 amide bonds. The minimum atomic E-state index is 0.384. The zero-order valence-corrected chi connectivity index (χ0v) is 11.2. The second kappa shape index (κ2) is 5.45. The van der Waals surface area contributed by atoms with Gasteiger partial charge in [-0.25, -0.2) is 0 Å². The number of aryl methyl sites for hydroxylation is 1. The second-order valence-electron chi connectivity index (χ2n) is 5.03. The van der Waals surface area contributed by atoms with E-state index in [1.165, 1.54) is 6.42 Å². The number of rotatable bonds is 3. The van der Waals surface area contributed by atoms with E-state index in [1.807, 2.05) is 37.6 Å². The summed E-state index contributed by atoms with van der Waals surface area (Å²) in [6.45, 7) is 3.99. The Bertz CT molecular complexity index is 541. The predicted molar refractivity (Wildman–Crippen MR) is 73.4 cm³/mol. The Hall–Kier alpha value is -1.81. The normalized spacial score (nSPS) is 19.7. The van der Waals surface area contributed by atoms with E-state index in [0.717, 1.165) is 36.6 Å². The third kappa shape index (κ3) is 2.79. The van der Waals surface area contributed by atoms with E-state index < -0.39 is 0 Å². The van der Waals surface area contributed by atoms with Crippen molar-refractivity contribution < 1.29 is 0 Å². The monoisotopic (exact) mass is 254 g/mol. The van der Waals surface area contributed by atoms with Crippen LogP contribution in [0.25, 0.3) is 0 Å². The molecule has 0 spiro atoms. The molecule has 1 aliphatic rings. The largest absolute Gasteiger partial charge is 0.289 e. The van der Waals surface area contributed by atoms with Crippen LogP contribution < -0.4 is 0 Å². The molecule has 0 aliphatic carbocycles. The van der Waals surface area contributed by atoms with Gasteiger partial charge in [-0.05, 0) is 38.4 Å². The average molecular weight is 254 g/mol. The van der Waals surface area contributed by atoms with Gasteiger partial charge in [-0.2, -0.15) is 0 Å². The maximum Gasteiger partial charge on any atom is 0.0761 e. The zero-order valence-electron chi connectivity index (χ0n) is 11.2. The second-order valence-corrected chi connectivity index (χ2v) is 5.03. The fourth-order valence-electron chi connectivity index (χ4n) is 2.69. The first-order valence-electron chi connectivity index (χ1n) is 6.75. The number of hydrogen-bond donors (Lipinski definition) is 0. The van der Waals surface area contributed by atoms with Crippen molar-refractivity contribution in [1.82, 2.24) is 19.9 Å². The van der Waals surface area contributed by atoms with E-state index in [0.29, 0.717) is 6.04 Å². The van der Waals surface area contributed by atoms with Crippen LogP contribution in [0.1, 0.15) is 36.0 Å². The van der Waals surface area contributed by atoms with Crippen LogP contribution in [0.15, 0.2) is 36.8 Å². The van der Waals surface area contributed by atoms with E-state index in [2.05, 4.69) is 25.9 Å². The maximum absolute atomic E-state index is 4.62. The van der Waals surface area contributed by atoms with Crippen molar-refractivity contribution in [3.8, 4) is 0 Å². The fourth-order valence-corrected chi connectivity index (χ4v) is 2.69. The summed E-state index contributed by atoms with van der Waals surface area (Å²) in [5, 5.41) is 0. The maximum atomic E-state index is 4.62. The Labute approximate surface area is 113 Å². The summed E-state index contributed by atoms with van der Waals surface area (Å²) in [6, 6.07) is 6.46. The Morgan fingerprint density at radius 1 is 1.32 bits per heavy atom. The number of pyridine rings is 1. The molecule has 1 atom stereocenters. The van der Waals surface area contributed by atoms with Crippen molar-refractivity contribution in [2.24, 2.45) is 0 Å².